The second-order valence-electron chi connectivity index (χ2n) is 7.57. The van der Waals surface area contributed by atoms with Crippen molar-refractivity contribution in [2.45, 2.75) is 19.4 Å². The Morgan fingerprint density at radius 1 is 0.933 bits per heavy atom. The summed E-state index contributed by atoms with van der Waals surface area (Å²) < 4.78 is 16.1. The molecule has 0 bridgehead atoms. The van der Waals surface area contributed by atoms with Crippen molar-refractivity contribution in [1.29, 1.82) is 0 Å². The Hall–Kier alpha value is -2.57. The lowest BCUT2D eigenvalue weighted by molar-refractivity contribution is 0.0702. The average molecular weight is 413 g/mol. The Morgan fingerprint density at radius 3 is 2.07 bits per heavy atom. The molecule has 0 saturated carbocycles. The van der Waals surface area contributed by atoms with E-state index in [2.05, 4.69) is 40.1 Å². The van der Waals surface area contributed by atoms with Crippen LogP contribution >= 0.6 is 0 Å². The molecule has 0 N–H and O–H groups in total. The number of carbonyl (C=O) groups excluding carboxylic acids is 1. The number of ketones is 1. The van der Waals surface area contributed by atoms with Crippen LogP contribution in [0.3, 0.4) is 0 Å². The number of carbonyl (C=O) groups is 1. The highest BCUT2D eigenvalue weighted by Gasteiger charge is 2.27. The van der Waals surface area contributed by atoms with E-state index < -0.39 is 0 Å². The summed E-state index contributed by atoms with van der Waals surface area (Å²) in [6.45, 7) is 6.73. The number of methoxy groups -OCH3 is 3. The van der Waals surface area contributed by atoms with Crippen LogP contribution < -0.4 is 14.2 Å². The van der Waals surface area contributed by atoms with Crippen molar-refractivity contribution in [1.82, 2.24) is 9.80 Å². The van der Waals surface area contributed by atoms with Crippen molar-refractivity contribution in [2.75, 3.05) is 54.1 Å². The quantitative estimate of drug-likeness (QED) is 0.590. The number of Topliss-reactive ketones (excluding diaryl/α,β-unsaturated/α-hetero) is 1. The third kappa shape index (κ3) is 5.12. The van der Waals surface area contributed by atoms with E-state index in [1.54, 1.807) is 33.5 Å². The van der Waals surface area contributed by atoms with Gasteiger partial charge in [0.05, 0.1) is 27.4 Å². The van der Waals surface area contributed by atoms with Crippen LogP contribution in [0.25, 0.3) is 0 Å². The summed E-state index contributed by atoms with van der Waals surface area (Å²) >= 11 is 0. The SMILES string of the molecule is COc1cc(C(=O)C(C)N2CCN(CCc3ccccc3)CC2)cc(OC)c1OC. The molecule has 2 aromatic carbocycles. The summed E-state index contributed by atoms with van der Waals surface area (Å²) in [7, 11) is 4.68. The Balaban J connectivity index is 1.59. The van der Waals surface area contributed by atoms with E-state index >= 15 is 0 Å². The molecule has 1 saturated heterocycles. The fourth-order valence-electron chi connectivity index (χ4n) is 3.94. The minimum absolute atomic E-state index is 0.0620. The number of hydrogen-bond donors (Lipinski definition) is 0. The first-order valence-corrected chi connectivity index (χ1v) is 10.4. The molecule has 6 heteroatoms. The van der Waals surface area contributed by atoms with Gasteiger partial charge in [-0.3, -0.25) is 9.69 Å². The summed E-state index contributed by atoms with van der Waals surface area (Å²) in [6.07, 6.45) is 1.06. The molecular weight excluding hydrogens is 380 g/mol. The number of piperazine rings is 1. The van der Waals surface area contributed by atoms with E-state index in [1.165, 1.54) is 5.56 Å². The third-order valence-corrected chi connectivity index (χ3v) is 5.84. The van der Waals surface area contributed by atoms with E-state index in [4.69, 9.17) is 14.2 Å². The highest BCUT2D eigenvalue weighted by atomic mass is 16.5. The minimum Gasteiger partial charge on any atom is -0.493 e. The van der Waals surface area contributed by atoms with Crippen LogP contribution in [-0.4, -0.2) is 75.7 Å². The maximum Gasteiger partial charge on any atom is 0.203 e. The van der Waals surface area contributed by atoms with Crippen LogP contribution in [0.15, 0.2) is 42.5 Å². The zero-order valence-corrected chi connectivity index (χ0v) is 18.4. The van der Waals surface area contributed by atoms with Gasteiger partial charge in [0.25, 0.3) is 0 Å². The summed E-state index contributed by atoms with van der Waals surface area (Å²) in [5.41, 5.74) is 1.94. The molecule has 2 aromatic rings. The lowest BCUT2D eigenvalue weighted by Gasteiger charge is -2.37. The Kier molecular flexibility index (Phi) is 7.71. The molecule has 0 aromatic heterocycles. The maximum absolute atomic E-state index is 13.2. The predicted octanol–water partition coefficient (Wildman–Crippen LogP) is 3.14. The summed E-state index contributed by atoms with van der Waals surface area (Å²) in [6, 6.07) is 13.8. The number of rotatable bonds is 9. The molecule has 0 amide bonds. The smallest absolute Gasteiger partial charge is 0.203 e. The number of hydrogen-bond acceptors (Lipinski definition) is 6. The lowest BCUT2D eigenvalue weighted by atomic mass is 10.0. The van der Waals surface area contributed by atoms with Crippen LogP contribution in [0.4, 0.5) is 0 Å². The van der Waals surface area contributed by atoms with Crippen molar-refractivity contribution in [3.05, 3.63) is 53.6 Å². The third-order valence-electron chi connectivity index (χ3n) is 5.84. The molecule has 6 nitrogen and oxygen atoms in total. The van der Waals surface area contributed by atoms with Crippen LogP contribution in [0.1, 0.15) is 22.8 Å². The average Bonchev–Trinajstić information content (AvgIpc) is 2.81. The maximum atomic E-state index is 13.2. The van der Waals surface area contributed by atoms with Crippen molar-refractivity contribution < 1.29 is 19.0 Å². The van der Waals surface area contributed by atoms with E-state index in [9.17, 15) is 4.79 Å². The standard InChI is InChI=1S/C24H32N2O4/c1-18(23(27)20-16-21(28-2)24(30-4)22(17-20)29-3)26-14-12-25(13-15-26)11-10-19-8-6-5-7-9-19/h5-9,16-18H,10-15H2,1-4H3. The fraction of sp³-hybridized carbons (Fsp3) is 0.458. The van der Waals surface area contributed by atoms with Gasteiger partial charge >= 0.3 is 0 Å². The molecular formula is C24H32N2O4. The highest BCUT2D eigenvalue weighted by Crippen LogP contribution is 2.38. The van der Waals surface area contributed by atoms with Gasteiger partial charge in [0.1, 0.15) is 0 Å². The monoisotopic (exact) mass is 412 g/mol. The molecule has 1 unspecified atom stereocenters. The highest BCUT2D eigenvalue weighted by molar-refractivity contribution is 6.01. The second-order valence-corrected chi connectivity index (χ2v) is 7.57. The molecule has 3 rings (SSSR count). The van der Waals surface area contributed by atoms with Gasteiger partial charge in [0.15, 0.2) is 17.3 Å². The second kappa shape index (κ2) is 10.5. The first-order valence-electron chi connectivity index (χ1n) is 10.4. The predicted molar refractivity (Wildman–Crippen MR) is 118 cm³/mol. The molecule has 0 radical (unpaired) electrons. The largest absolute Gasteiger partial charge is 0.493 e. The summed E-state index contributed by atoms with van der Waals surface area (Å²) in [4.78, 5) is 17.9. The minimum atomic E-state index is -0.205. The first-order chi connectivity index (χ1) is 14.6. The van der Waals surface area contributed by atoms with Gasteiger partial charge in [0, 0.05) is 38.3 Å². The first kappa shape index (κ1) is 22.1. The molecule has 0 spiro atoms. The number of ether oxygens (including phenoxy) is 3. The summed E-state index contributed by atoms with van der Waals surface area (Å²) in [5.74, 6) is 1.56. The van der Waals surface area contributed by atoms with Gasteiger partial charge in [-0.15, -0.1) is 0 Å². The normalized spacial score (nSPS) is 16.1. The molecule has 0 aliphatic carbocycles. The Labute approximate surface area is 179 Å². The topological polar surface area (TPSA) is 51.2 Å². The van der Waals surface area contributed by atoms with Gasteiger partial charge < -0.3 is 19.1 Å². The van der Waals surface area contributed by atoms with Crippen LogP contribution in [0, 0.1) is 0 Å². The van der Waals surface area contributed by atoms with Gasteiger partial charge in [-0.05, 0) is 31.0 Å². The molecule has 1 heterocycles. The molecule has 1 aliphatic heterocycles. The van der Waals surface area contributed by atoms with Gasteiger partial charge in [-0.25, -0.2) is 0 Å². The van der Waals surface area contributed by atoms with Crippen molar-refractivity contribution in [3.63, 3.8) is 0 Å². The van der Waals surface area contributed by atoms with Crippen LogP contribution in [0.2, 0.25) is 0 Å². The zero-order valence-electron chi connectivity index (χ0n) is 18.4. The zero-order chi connectivity index (χ0) is 21.5. The molecule has 1 fully saturated rings. The molecule has 1 atom stereocenters. The van der Waals surface area contributed by atoms with Crippen molar-refractivity contribution >= 4 is 5.78 Å². The Bertz CT molecular complexity index is 807. The molecule has 162 valence electrons. The fourth-order valence-corrected chi connectivity index (χ4v) is 3.94. The van der Waals surface area contributed by atoms with E-state index in [-0.39, 0.29) is 11.8 Å². The number of benzene rings is 2. The van der Waals surface area contributed by atoms with E-state index in [0.717, 1.165) is 39.1 Å². The van der Waals surface area contributed by atoms with Gasteiger partial charge in [0.2, 0.25) is 5.75 Å². The van der Waals surface area contributed by atoms with Crippen LogP contribution in [0.5, 0.6) is 17.2 Å². The summed E-state index contributed by atoms with van der Waals surface area (Å²) in [5, 5.41) is 0. The van der Waals surface area contributed by atoms with Crippen molar-refractivity contribution in [2.24, 2.45) is 0 Å². The van der Waals surface area contributed by atoms with Gasteiger partial charge in [-0.2, -0.15) is 0 Å². The van der Waals surface area contributed by atoms with Crippen molar-refractivity contribution in [3.8, 4) is 17.2 Å². The van der Waals surface area contributed by atoms with E-state index in [1.807, 2.05) is 6.92 Å². The lowest BCUT2D eigenvalue weighted by Crippen LogP contribution is -2.52. The number of nitrogens with zero attached hydrogens (tertiary/aromatic N) is 2. The van der Waals surface area contributed by atoms with Crippen LogP contribution in [-0.2, 0) is 6.42 Å². The van der Waals surface area contributed by atoms with Gasteiger partial charge in [-0.1, -0.05) is 30.3 Å². The molecule has 1 aliphatic rings. The van der Waals surface area contributed by atoms with E-state index in [0.29, 0.717) is 22.8 Å². The molecule has 30 heavy (non-hydrogen) atoms. The Morgan fingerprint density at radius 2 is 1.53 bits per heavy atom.